The number of aryl methyl sites for hydroxylation is 1. The van der Waals surface area contributed by atoms with E-state index in [4.69, 9.17) is 4.74 Å². The number of imidazole rings is 1. The molecule has 1 N–H and O–H groups in total. The van der Waals surface area contributed by atoms with Gasteiger partial charge in [0.05, 0.1) is 25.2 Å². The maximum Gasteiger partial charge on any atom is 0.270 e. The third kappa shape index (κ3) is 2.82. The summed E-state index contributed by atoms with van der Waals surface area (Å²) in [7, 11) is 3.42. The lowest BCUT2D eigenvalue weighted by atomic mass is 9.94. The van der Waals surface area contributed by atoms with Gasteiger partial charge in [-0.15, -0.1) is 0 Å². The number of benzene rings is 1. The second-order valence-electron chi connectivity index (χ2n) is 5.20. The second-order valence-corrected chi connectivity index (χ2v) is 5.20. The van der Waals surface area contributed by atoms with Crippen LogP contribution >= 0.6 is 0 Å². The molecule has 0 aliphatic rings. The Morgan fingerprint density at radius 3 is 2.45 bits per heavy atom. The number of methoxy groups -OCH3 is 1. The Labute approximate surface area is 118 Å². The average Bonchev–Trinajstić information content (AvgIpc) is 2.84. The Kier molecular flexibility index (Phi) is 3.79. The van der Waals surface area contributed by atoms with E-state index in [-0.39, 0.29) is 5.91 Å². The van der Waals surface area contributed by atoms with Crippen molar-refractivity contribution in [3.63, 3.8) is 0 Å². The number of hydrogen-bond acceptors (Lipinski definition) is 3. The number of carbonyl (C=O) groups is 1. The van der Waals surface area contributed by atoms with Gasteiger partial charge in [0.2, 0.25) is 0 Å². The highest BCUT2D eigenvalue weighted by Gasteiger charge is 2.24. The Hall–Kier alpha value is -2.30. The van der Waals surface area contributed by atoms with Crippen molar-refractivity contribution in [2.24, 2.45) is 7.05 Å². The van der Waals surface area contributed by atoms with Crippen LogP contribution in [0.25, 0.3) is 0 Å². The van der Waals surface area contributed by atoms with Crippen molar-refractivity contribution in [3.05, 3.63) is 48.0 Å². The van der Waals surface area contributed by atoms with Gasteiger partial charge in [-0.3, -0.25) is 4.79 Å². The maximum atomic E-state index is 12.2. The molecule has 0 radical (unpaired) electrons. The predicted molar refractivity (Wildman–Crippen MR) is 76.7 cm³/mol. The Morgan fingerprint density at radius 1 is 1.30 bits per heavy atom. The lowest BCUT2D eigenvalue weighted by Gasteiger charge is -2.27. The van der Waals surface area contributed by atoms with E-state index in [0.29, 0.717) is 5.69 Å². The largest absolute Gasteiger partial charge is 0.497 e. The lowest BCUT2D eigenvalue weighted by molar-refractivity contribution is 0.0903. The highest BCUT2D eigenvalue weighted by atomic mass is 16.5. The lowest BCUT2D eigenvalue weighted by Crippen LogP contribution is -2.41. The molecule has 0 spiro atoms. The van der Waals surface area contributed by atoms with E-state index < -0.39 is 5.54 Å². The van der Waals surface area contributed by atoms with Gasteiger partial charge in [0.15, 0.2) is 0 Å². The van der Waals surface area contributed by atoms with Crippen molar-refractivity contribution in [3.8, 4) is 5.75 Å². The van der Waals surface area contributed by atoms with Crippen LogP contribution in [-0.4, -0.2) is 22.6 Å². The monoisotopic (exact) mass is 273 g/mol. The number of nitrogens with one attached hydrogen (secondary N) is 1. The number of hydrogen-bond donors (Lipinski definition) is 1. The molecule has 20 heavy (non-hydrogen) atoms. The number of aromatic nitrogens is 2. The fourth-order valence-electron chi connectivity index (χ4n) is 2.00. The van der Waals surface area contributed by atoms with Crippen LogP contribution in [0.5, 0.6) is 5.75 Å². The molecule has 1 aromatic carbocycles. The van der Waals surface area contributed by atoms with Gasteiger partial charge in [-0.2, -0.15) is 0 Å². The summed E-state index contributed by atoms with van der Waals surface area (Å²) in [5.74, 6) is 0.647. The van der Waals surface area contributed by atoms with Crippen molar-refractivity contribution in [1.82, 2.24) is 14.9 Å². The molecule has 2 rings (SSSR count). The first-order valence-corrected chi connectivity index (χ1v) is 6.37. The number of carbonyl (C=O) groups excluding carboxylic acids is 1. The summed E-state index contributed by atoms with van der Waals surface area (Å²) < 4.78 is 6.83. The van der Waals surface area contributed by atoms with E-state index in [9.17, 15) is 4.79 Å². The third-order valence-electron chi connectivity index (χ3n) is 3.29. The van der Waals surface area contributed by atoms with E-state index in [0.717, 1.165) is 11.3 Å². The van der Waals surface area contributed by atoms with Crippen molar-refractivity contribution in [2.75, 3.05) is 7.11 Å². The van der Waals surface area contributed by atoms with Crippen molar-refractivity contribution < 1.29 is 9.53 Å². The SMILES string of the molecule is COc1ccc(C(C)(C)NC(=O)c2cncn2C)cc1. The standard InChI is InChI=1S/C15H19N3O2/c1-15(2,11-5-7-12(20-4)8-6-11)17-14(19)13-9-16-10-18(13)3/h5-10H,1-4H3,(H,17,19). The molecule has 0 fully saturated rings. The first kappa shape index (κ1) is 14.1. The molecule has 0 bridgehead atoms. The molecular formula is C15H19N3O2. The molecule has 0 saturated carbocycles. The zero-order valence-corrected chi connectivity index (χ0v) is 12.2. The van der Waals surface area contributed by atoms with Gasteiger partial charge in [-0.25, -0.2) is 4.98 Å². The highest BCUT2D eigenvalue weighted by Crippen LogP contribution is 2.23. The smallest absolute Gasteiger partial charge is 0.270 e. The van der Waals surface area contributed by atoms with E-state index in [1.54, 1.807) is 31.2 Å². The summed E-state index contributed by atoms with van der Waals surface area (Å²) >= 11 is 0. The molecule has 106 valence electrons. The Morgan fingerprint density at radius 2 is 1.95 bits per heavy atom. The molecule has 5 nitrogen and oxygen atoms in total. The summed E-state index contributed by atoms with van der Waals surface area (Å²) in [6, 6.07) is 7.66. The van der Waals surface area contributed by atoms with Gasteiger partial charge in [-0.1, -0.05) is 12.1 Å². The van der Waals surface area contributed by atoms with Crippen LogP contribution < -0.4 is 10.1 Å². The fourth-order valence-corrected chi connectivity index (χ4v) is 2.00. The average molecular weight is 273 g/mol. The molecule has 5 heteroatoms. The molecule has 0 saturated heterocycles. The second kappa shape index (κ2) is 5.36. The topological polar surface area (TPSA) is 56.1 Å². The van der Waals surface area contributed by atoms with Crippen molar-refractivity contribution in [1.29, 1.82) is 0 Å². The van der Waals surface area contributed by atoms with E-state index >= 15 is 0 Å². The summed E-state index contributed by atoms with van der Waals surface area (Å²) in [5.41, 5.74) is 1.06. The van der Waals surface area contributed by atoms with Crippen LogP contribution in [0.15, 0.2) is 36.8 Å². The van der Waals surface area contributed by atoms with Gasteiger partial charge >= 0.3 is 0 Å². The summed E-state index contributed by atoms with van der Waals surface area (Å²) in [5, 5.41) is 3.01. The van der Waals surface area contributed by atoms with Gasteiger partial charge in [0.25, 0.3) is 5.91 Å². The van der Waals surface area contributed by atoms with E-state index in [1.807, 2.05) is 38.1 Å². The third-order valence-corrected chi connectivity index (χ3v) is 3.29. The zero-order valence-electron chi connectivity index (χ0n) is 12.2. The van der Waals surface area contributed by atoms with Gasteiger partial charge in [0.1, 0.15) is 11.4 Å². The number of ether oxygens (including phenoxy) is 1. The normalized spacial score (nSPS) is 11.2. The van der Waals surface area contributed by atoms with Crippen LogP contribution in [0.1, 0.15) is 29.9 Å². The molecule has 0 aliphatic carbocycles. The predicted octanol–water partition coefficient (Wildman–Crippen LogP) is 2.09. The molecule has 0 unspecified atom stereocenters. The quantitative estimate of drug-likeness (QED) is 0.928. The van der Waals surface area contributed by atoms with Crippen LogP contribution in [0.4, 0.5) is 0 Å². The van der Waals surface area contributed by atoms with Crippen molar-refractivity contribution in [2.45, 2.75) is 19.4 Å². The van der Waals surface area contributed by atoms with E-state index in [2.05, 4.69) is 10.3 Å². The summed E-state index contributed by atoms with van der Waals surface area (Å²) in [6.07, 6.45) is 3.16. The van der Waals surface area contributed by atoms with Crippen LogP contribution in [0.2, 0.25) is 0 Å². The fraction of sp³-hybridized carbons (Fsp3) is 0.333. The van der Waals surface area contributed by atoms with Gasteiger partial charge < -0.3 is 14.6 Å². The van der Waals surface area contributed by atoms with Crippen LogP contribution in [-0.2, 0) is 12.6 Å². The molecule has 2 aromatic rings. The van der Waals surface area contributed by atoms with E-state index in [1.165, 1.54) is 0 Å². The maximum absolute atomic E-state index is 12.2. The minimum absolute atomic E-state index is 0.147. The van der Waals surface area contributed by atoms with Crippen LogP contribution in [0.3, 0.4) is 0 Å². The van der Waals surface area contributed by atoms with Crippen molar-refractivity contribution >= 4 is 5.91 Å². The first-order valence-electron chi connectivity index (χ1n) is 6.37. The molecule has 0 atom stereocenters. The zero-order chi connectivity index (χ0) is 14.8. The first-order chi connectivity index (χ1) is 9.44. The van der Waals surface area contributed by atoms with Gasteiger partial charge in [-0.05, 0) is 31.5 Å². The highest BCUT2D eigenvalue weighted by molar-refractivity contribution is 5.92. The molecule has 1 heterocycles. The molecule has 0 aliphatic heterocycles. The summed E-state index contributed by atoms with van der Waals surface area (Å²) in [6.45, 7) is 3.92. The van der Waals surface area contributed by atoms with Crippen LogP contribution in [0, 0.1) is 0 Å². The summed E-state index contributed by atoms with van der Waals surface area (Å²) in [4.78, 5) is 16.2. The Bertz CT molecular complexity index is 600. The number of rotatable bonds is 4. The number of nitrogens with zero attached hydrogens (tertiary/aromatic N) is 2. The minimum Gasteiger partial charge on any atom is -0.497 e. The molecular weight excluding hydrogens is 254 g/mol. The van der Waals surface area contributed by atoms with Gasteiger partial charge in [0, 0.05) is 7.05 Å². The molecule has 1 amide bonds. The number of amides is 1. The minimum atomic E-state index is -0.479. The Balaban J connectivity index is 2.17. The molecule has 1 aromatic heterocycles.